The zero-order chi connectivity index (χ0) is 14.1. The van der Waals surface area contributed by atoms with Crippen molar-refractivity contribution in [1.82, 2.24) is 10.2 Å². The molecule has 102 valence electrons. The molecule has 0 aromatic heterocycles. The first kappa shape index (κ1) is 15.2. The van der Waals surface area contributed by atoms with Gasteiger partial charge in [0.25, 0.3) is 0 Å². The van der Waals surface area contributed by atoms with Crippen molar-refractivity contribution in [3.05, 3.63) is 29.8 Å². The standard InChI is InChI=1S/C14H20N4O/c1-18(2)10-9-16-8-7-14(19)17-13-6-4-3-5-12(13)11-15/h3-6,16H,7-10H2,1-2H3,(H,17,19). The molecular weight excluding hydrogens is 240 g/mol. The molecule has 0 heterocycles. The second-order valence-electron chi connectivity index (χ2n) is 4.51. The molecular formula is C14H20N4O. The number of amides is 1. The number of carbonyl (C=O) groups excluding carboxylic acids is 1. The van der Waals surface area contributed by atoms with Crippen molar-refractivity contribution >= 4 is 11.6 Å². The Morgan fingerprint density at radius 2 is 2.05 bits per heavy atom. The van der Waals surface area contributed by atoms with Gasteiger partial charge in [0.15, 0.2) is 0 Å². The lowest BCUT2D eigenvalue weighted by molar-refractivity contribution is -0.116. The summed E-state index contributed by atoms with van der Waals surface area (Å²) in [6.45, 7) is 2.43. The molecule has 1 rings (SSSR count). The molecule has 0 aliphatic carbocycles. The van der Waals surface area contributed by atoms with Crippen LogP contribution in [-0.2, 0) is 4.79 Å². The molecule has 0 radical (unpaired) electrons. The molecule has 0 atom stereocenters. The van der Waals surface area contributed by atoms with E-state index in [4.69, 9.17) is 5.26 Å². The summed E-state index contributed by atoms with van der Waals surface area (Å²) in [6.07, 6.45) is 0.396. The van der Waals surface area contributed by atoms with Gasteiger partial charge in [-0.05, 0) is 26.2 Å². The second kappa shape index (κ2) is 8.25. The molecule has 0 aliphatic heterocycles. The highest BCUT2D eigenvalue weighted by molar-refractivity contribution is 5.92. The summed E-state index contributed by atoms with van der Waals surface area (Å²) < 4.78 is 0. The van der Waals surface area contributed by atoms with Crippen LogP contribution in [0.3, 0.4) is 0 Å². The van der Waals surface area contributed by atoms with Gasteiger partial charge in [0.1, 0.15) is 6.07 Å². The third-order valence-electron chi connectivity index (χ3n) is 2.59. The van der Waals surface area contributed by atoms with Crippen molar-refractivity contribution in [2.45, 2.75) is 6.42 Å². The van der Waals surface area contributed by atoms with Gasteiger partial charge >= 0.3 is 0 Å². The Hall–Kier alpha value is -1.90. The molecule has 0 aliphatic rings. The van der Waals surface area contributed by atoms with E-state index in [1.54, 1.807) is 24.3 Å². The molecule has 1 amide bonds. The minimum atomic E-state index is -0.0833. The molecule has 0 saturated carbocycles. The quantitative estimate of drug-likeness (QED) is 0.719. The maximum Gasteiger partial charge on any atom is 0.225 e. The maximum atomic E-state index is 11.7. The molecule has 5 heteroatoms. The van der Waals surface area contributed by atoms with Crippen LogP contribution >= 0.6 is 0 Å². The highest BCUT2D eigenvalue weighted by atomic mass is 16.1. The number of hydrogen-bond acceptors (Lipinski definition) is 4. The SMILES string of the molecule is CN(C)CCNCCC(=O)Nc1ccccc1C#N. The minimum Gasteiger partial charge on any atom is -0.325 e. The highest BCUT2D eigenvalue weighted by Gasteiger charge is 2.05. The van der Waals surface area contributed by atoms with Crippen LogP contribution in [0.2, 0.25) is 0 Å². The monoisotopic (exact) mass is 260 g/mol. The summed E-state index contributed by atoms with van der Waals surface area (Å²) in [5, 5.41) is 14.9. The lowest BCUT2D eigenvalue weighted by atomic mass is 10.2. The number of benzene rings is 1. The normalized spacial score (nSPS) is 10.2. The number of nitrogens with one attached hydrogen (secondary N) is 2. The smallest absolute Gasteiger partial charge is 0.225 e. The van der Waals surface area contributed by atoms with Gasteiger partial charge in [-0.25, -0.2) is 0 Å². The molecule has 1 aromatic rings. The Balaban J connectivity index is 2.30. The van der Waals surface area contributed by atoms with Crippen LogP contribution in [0, 0.1) is 11.3 Å². The Bertz CT molecular complexity index is 451. The van der Waals surface area contributed by atoms with Gasteiger partial charge in [-0.15, -0.1) is 0 Å². The largest absolute Gasteiger partial charge is 0.325 e. The molecule has 5 nitrogen and oxygen atoms in total. The molecule has 0 bridgehead atoms. The van der Waals surface area contributed by atoms with Crippen LogP contribution in [0.15, 0.2) is 24.3 Å². The van der Waals surface area contributed by atoms with E-state index in [2.05, 4.69) is 21.6 Å². The average molecular weight is 260 g/mol. The van der Waals surface area contributed by atoms with Crippen LogP contribution < -0.4 is 10.6 Å². The van der Waals surface area contributed by atoms with E-state index in [0.29, 0.717) is 24.2 Å². The summed E-state index contributed by atoms with van der Waals surface area (Å²) in [5.41, 5.74) is 1.06. The molecule has 0 spiro atoms. The number of likely N-dealkylation sites (N-methyl/N-ethyl adjacent to an activating group) is 1. The summed E-state index contributed by atoms with van der Waals surface area (Å²) in [7, 11) is 4.01. The third kappa shape index (κ3) is 6.00. The first-order valence-electron chi connectivity index (χ1n) is 6.28. The minimum absolute atomic E-state index is 0.0833. The number of nitrogens with zero attached hydrogens (tertiary/aromatic N) is 2. The fraction of sp³-hybridized carbons (Fsp3) is 0.429. The molecule has 2 N–H and O–H groups in total. The van der Waals surface area contributed by atoms with Crippen LogP contribution in [-0.4, -0.2) is 44.5 Å². The van der Waals surface area contributed by atoms with E-state index in [1.165, 1.54) is 0 Å². The number of hydrogen-bond donors (Lipinski definition) is 2. The van der Waals surface area contributed by atoms with E-state index in [9.17, 15) is 4.79 Å². The van der Waals surface area contributed by atoms with E-state index in [0.717, 1.165) is 13.1 Å². The zero-order valence-electron chi connectivity index (χ0n) is 11.4. The van der Waals surface area contributed by atoms with Crippen LogP contribution in [0.5, 0.6) is 0 Å². The summed E-state index contributed by atoms with van der Waals surface area (Å²) in [5.74, 6) is -0.0833. The third-order valence-corrected chi connectivity index (χ3v) is 2.59. The van der Waals surface area contributed by atoms with Gasteiger partial charge in [-0.3, -0.25) is 4.79 Å². The average Bonchev–Trinajstić information content (AvgIpc) is 2.38. The lowest BCUT2D eigenvalue weighted by Crippen LogP contribution is -2.29. The number of para-hydroxylation sites is 1. The Morgan fingerprint density at radius 3 is 2.74 bits per heavy atom. The van der Waals surface area contributed by atoms with E-state index in [1.807, 2.05) is 14.1 Å². The van der Waals surface area contributed by atoms with E-state index >= 15 is 0 Å². The van der Waals surface area contributed by atoms with Crippen molar-refractivity contribution < 1.29 is 4.79 Å². The predicted octanol–water partition coefficient (Wildman–Crippen LogP) is 1.04. The van der Waals surface area contributed by atoms with Crippen molar-refractivity contribution in [2.75, 3.05) is 39.0 Å². The first-order valence-corrected chi connectivity index (χ1v) is 6.28. The summed E-state index contributed by atoms with van der Waals surface area (Å²) in [6, 6.07) is 9.04. The fourth-order valence-corrected chi connectivity index (χ4v) is 1.53. The van der Waals surface area contributed by atoms with E-state index < -0.39 is 0 Å². The topological polar surface area (TPSA) is 68.2 Å². The number of rotatable bonds is 7. The van der Waals surface area contributed by atoms with Crippen molar-refractivity contribution in [3.8, 4) is 6.07 Å². The van der Waals surface area contributed by atoms with Crippen LogP contribution in [0.25, 0.3) is 0 Å². The van der Waals surface area contributed by atoms with Gasteiger partial charge in [0.2, 0.25) is 5.91 Å². The van der Waals surface area contributed by atoms with Gasteiger partial charge in [-0.1, -0.05) is 12.1 Å². The van der Waals surface area contributed by atoms with Gasteiger partial charge < -0.3 is 15.5 Å². The summed E-state index contributed by atoms with van der Waals surface area (Å²) in [4.78, 5) is 13.8. The zero-order valence-corrected chi connectivity index (χ0v) is 11.4. The highest BCUT2D eigenvalue weighted by Crippen LogP contribution is 2.13. The Morgan fingerprint density at radius 1 is 1.32 bits per heavy atom. The van der Waals surface area contributed by atoms with Gasteiger partial charge in [-0.2, -0.15) is 5.26 Å². The molecule has 0 saturated heterocycles. The second-order valence-corrected chi connectivity index (χ2v) is 4.51. The first-order chi connectivity index (χ1) is 9.13. The van der Waals surface area contributed by atoms with Crippen molar-refractivity contribution in [3.63, 3.8) is 0 Å². The predicted molar refractivity (Wildman–Crippen MR) is 75.8 cm³/mol. The Labute approximate surface area is 114 Å². The number of carbonyl (C=O) groups is 1. The van der Waals surface area contributed by atoms with Crippen LogP contribution in [0.1, 0.15) is 12.0 Å². The van der Waals surface area contributed by atoms with Gasteiger partial charge in [0, 0.05) is 26.1 Å². The van der Waals surface area contributed by atoms with E-state index in [-0.39, 0.29) is 5.91 Å². The lowest BCUT2D eigenvalue weighted by Gasteiger charge is -2.10. The Kier molecular flexibility index (Phi) is 6.58. The summed E-state index contributed by atoms with van der Waals surface area (Å²) >= 11 is 0. The molecule has 0 unspecified atom stereocenters. The van der Waals surface area contributed by atoms with Gasteiger partial charge in [0.05, 0.1) is 11.3 Å². The number of anilines is 1. The number of nitriles is 1. The fourth-order valence-electron chi connectivity index (χ4n) is 1.53. The van der Waals surface area contributed by atoms with Crippen LogP contribution in [0.4, 0.5) is 5.69 Å². The van der Waals surface area contributed by atoms with Crippen molar-refractivity contribution in [2.24, 2.45) is 0 Å². The maximum absolute atomic E-state index is 11.7. The van der Waals surface area contributed by atoms with Crippen molar-refractivity contribution in [1.29, 1.82) is 5.26 Å². The molecule has 0 fully saturated rings. The molecule has 1 aromatic carbocycles. The molecule has 19 heavy (non-hydrogen) atoms.